The standard InChI is InChI=1S/C21H27N3O3/c1-4-27-19-8-6-5-7-18(19)23-20(25)15-22-17-12-9-16(10-13-17)11-14-21(26)24(2)3/h5-10,12-13,22H,4,11,14-15H2,1-3H3,(H,23,25). The maximum Gasteiger partial charge on any atom is 0.243 e. The third-order valence-electron chi connectivity index (χ3n) is 3.99. The molecule has 27 heavy (non-hydrogen) atoms. The van der Waals surface area contributed by atoms with E-state index in [2.05, 4.69) is 10.6 Å². The molecule has 0 bridgehead atoms. The van der Waals surface area contributed by atoms with Crippen molar-refractivity contribution in [3.05, 3.63) is 54.1 Å². The fourth-order valence-electron chi connectivity index (χ4n) is 2.49. The molecule has 6 heteroatoms. The monoisotopic (exact) mass is 369 g/mol. The van der Waals surface area contributed by atoms with Crippen molar-refractivity contribution in [3.63, 3.8) is 0 Å². The molecule has 144 valence electrons. The first-order valence-electron chi connectivity index (χ1n) is 9.04. The van der Waals surface area contributed by atoms with Crippen molar-refractivity contribution in [1.82, 2.24) is 4.90 Å². The molecule has 0 unspecified atom stereocenters. The first-order valence-corrected chi connectivity index (χ1v) is 9.04. The highest BCUT2D eigenvalue weighted by Crippen LogP contribution is 2.23. The summed E-state index contributed by atoms with van der Waals surface area (Å²) in [5, 5.41) is 5.95. The van der Waals surface area contributed by atoms with Crippen LogP contribution in [0.4, 0.5) is 11.4 Å². The van der Waals surface area contributed by atoms with E-state index in [1.165, 1.54) is 0 Å². The Labute approximate surface area is 160 Å². The van der Waals surface area contributed by atoms with Crippen LogP contribution >= 0.6 is 0 Å². The summed E-state index contributed by atoms with van der Waals surface area (Å²) in [6.07, 6.45) is 1.19. The molecule has 0 saturated heterocycles. The highest BCUT2D eigenvalue weighted by molar-refractivity contribution is 5.95. The normalized spacial score (nSPS) is 10.2. The second kappa shape index (κ2) is 10.2. The third kappa shape index (κ3) is 6.66. The molecule has 0 aliphatic carbocycles. The number of benzene rings is 2. The van der Waals surface area contributed by atoms with Crippen LogP contribution in [0, 0.1) is 0 Å². The van der Waals surface area contributed by atoms with Crippen LogP contribution in [-0.4, -0.2) is 44.0 Å². The van der Waals surface area contributed by atoms with Crippen LogP contribution in [0.5, 0.6) is 5.75 Å². The van der Waals surface area contributed by atoms with Crippen LogP contribution in [0.2, 0.25) is 0 Å². The Morgan fingerprint density at radius 1 is 1.04 bits per heavy atom. The lowest BCUT2D eigenvalue weighted by Gasteiger charge is -2.12. The highest BCUT2D eigenvalue weighted by atomic mass is 16.5. The van der Waals surface area contributed by atoms with Gasteiger partial charge in [0.25, 0.3) is 0 Å². The third-order valence-corrected chi connectivity index (χ3v) is 3.99. The number of rotatable bonds is 9. The van der Waals surface area contributed by atoms with Crippen molar-refractivity contribution >= 4 is 23.2 Å². The summed E-state index contributed by atoms with van der Waals surface area (Å²) < 4.78 is 5.51. The van der Waals surface area contributed by atoms with Gasteiger partial charge in [0.05, 0.1) is 18.8 Å². The minimum Gasteiger partial charge on any atom is -0.492 e. The molecule has 0 atom stereocenters. The predicted octanol–water partition coefficient (Wildman–Crippen LogP) is 3.16. The van der Waals surface area contributed by atoms with Crippen molar-refractivity contribution in [3.8, 4) is 5.75 Å². The van der Waals surface area contributed by atoms with Crippen LogP contribution in [-0.2, 0) is 16.0 Å². The number of anilines is 2. The van der Waals surface area contributed by atoms with Crippen LogP contribution in [0.3, 0.4) is 0 Å². The summed E-state index contributed by atoms with van der Waals surface area (Å²) in [6.45, 7) is 2.59. The van der Waals surface area contributed by atoms with Gasteiger partial charge in [-0.05, 0) is 43.2 Å². The summed E-state index contributed by atoms with van der Waals surface area (Å²) in [5.41, 5.74) is 2.60. The highest BCUT2D eigenvalue weighted by Gasteiger charge is 2.08. The number of para-hydroxylation sites is 2. The molecule has 0 saturated carbocycles. The van der Waals surface area contributed by atoms with E-state index in [1.807, 2.05) is 55.5 Å². The number of carbonyl (C=O) groups is 2. The van der Waals surface area contributed by atoms with Crippen LogP contribution in [0.15, 0.2) is 48.5 Å². The van der Waals surface area contributed by atoms with E-state index >= 15 is 0 Å². The minimum atomic E-state index is -0.150. The van der Waals surface area contributed by atoms with Crippen molar-refractivity contribution in [2.24, 2.45) is 0 Å². The zero-order valence-corrected chi connectivity index (χ0v) is 16.1. The Morgan fingerprint density at radius 3 is 2.41 bits per heavy atom. The number of nitrogens with one attached hydrogen (secondary N) is 2. The maximum absolute atomic E-state index is 12.2. The first-order chi connectivity index (χ1) is 13.0. The molecule has 0 aromatic heterocycles. The van der Waals surface area contributed by atoms with Crippen molar-refractivity contribution in [2.75, 3.05) is 37.9 Å². The lowest BCUT2D eigenvalue weighted by atomic mass is 10.1. The number of nitrogens with zero attached hydrogens (tertiary/aromatic N) is 1. The molecule has 0 spiro atoms. The van der Waals surface area contributed by atoms with Crippen molar-refractivity contribution in [1.29, 1.82) is 0 Å². The Hall–Kier alpha value is -3.02. The predicted molar refractivity (Wildman–Crippen MR) is 108 cm³/mol. The summed E-state index contributed by atoms with van der Waals surface area (Å²) in [7, 11) is 3.51. The van der Waals surface area contributed by atoms with Gasteiger partial charge >= 0.3 is 0 Å². The zero-order valence-electron chi connectivity index (χ0n) is 16.1. The Kier molecular flexibility index (Phi) is 7.67. The van der Waals surface area contributed by atoms with E-state index in [4.69, 9.17) is 4.74 Å². The molecule has 2 aromatic rings. The van der Waals surface area contributed by atoms with E-state index in [-0.39, 0.29) is 18.4 Å². The number of aryl methyl sites for hydroxylation is 1. The summed E-state index contributed by atoms with van der Waals surface area (Å²) >= 11 is 0. The molecular formula is C21H27N3O3. The topological polar surface area (TPSA) is 70.7 Å². The van der Waals surface area contributed by atoms with Crippen LogP contribution in [0.25, 0.3) is 0 Å². The molecule has 0 aliphatic heterocycles. The van der Waals surface area contributed by atoms with E-state index in [0.29, 0.717) is 30.9 Å². The Bertz CT molecular complexity index is 758. The molecule has 0 radical (unpaired) electrons. The molecule has 0 heterocycles. The lowest BCUT2D eigenvalue weighted by molar-refractivity contribution is -0.128. The second-order valence-electron chi connectivity index (χ2n) is 6.32. The van der Waals surface area contributed by atoms with Gasteiger partial charge < -0.3 is 20.3 Å². The number of hydrogen-bond donors (Lipinski definition) is 2. The van der Waals surface area contributed by atoms with Gasteiger partial charge in [0, 0.05) is 26.2 Å². The molecule has 2 rings (SSSR count). The van der Waals surface area contributed by atoms with Gasteiger partial charge in [0.2, 0.25) is 11.8 Å². The maximum atomic E-state index is 12.2. The van der Waals surface area contributed by atoms with Gasteiger partial charge in [-0.25, -0.2) is 0 Å². The molecule has 2 aromatic carbocycles. The van der Waals surface area contributed by atoms with Crippen molar-refractivity contribution in [2.45, 2.75) is 19.8 Å². The van der Waals surface area contributed by atoms with Gasteiger partial charge in [-0.15, -0.1) is 0 Å². The first kappa shape index (κ1) is 20.3. The van der Waals surface area contributed by atoms with E-state index < -0.39 is 0 Å². The van der Waals surface area contributed by atoms with E-state index in [9.17, 15) is 9.59 Å². The summed E-state index contributed by atoms with van der Waals surface area (Å²) in [5.74, 6) is 0.619. The number of hydrogen-bond acceptors (Lipinski definition) is 4. The summed E-state index contributed by atoms with van der Waals surface area (Å²) in [4.78, 5) is 25.4. The SMILES string of the molecule is CCOc1ccccc1NC(=O)CNc1ccc(CCC(=O)N(C)C)cc1. The summed E-state index contributed by atoms with van der Waals surface area (Å²) in [6, 6.07) is 15.1. The smallest absolute Gasteiger partial charge is 0.243 e. The molecule has 0 fully saturated rings. The lowest BCUT2D eigenvalue weighted by Crippen LogP contribution is -2.22. The Balaban J connectivity index is 1.82. The average molecular weight is 369 g/mol. The zero-order chi connectivity index (χ0) is 19.6. The quantitative estimate of drug-likeness (QED) is 0.712. The van der Waals surface area contributed by atoms with E-state index in [0.717, 1.165) is 11.3 Å². The molecular weight excluding hydrogens is 342 g/mol. The van der Waals surface area contributed by atoms with Crippen molar-refractivity contribution < 1.29 is 14.3 Å². The average Bonchev–Trinajstić information content (AvgIpc) is 2.67. The van der Waals surface area contributed by atoms with Crippen LogP contribution in [0.1, 0.15) is 18.9 Å². The number of ether oxygens (including phenoxy) is 1. The van der Waals surface area contributed by atoms with Crippen LogP contribution < -0.4 is 15.4 Å². The Morgan fingerprint density at radius 2 is 1.74 bits per heavy atom. The van der Waals surface area contributed by atoms with Gasteiger partial charge in [-0.2, -0.15) is 0 Å². The van der Waals surface area contributed by atoms with Gasteiger partial charge in [0.15, 0.2) is 0 Å². The second-order valence-corrected chi connectivity index (χ2v) is 6.32. The largest absolute Gasteiger partial charge is 0.492 e. The fraction of sp³-hybridized carbons (Fsp3) is 0.333. The minimum absolute atomic E-state index is 0.112. The number of amides is 2. The molecule has 2 amide bonds. The molecule has 2 N–H and O–H groups in total. The molecule has 0 aliphatic rings. The van der Waals surface area contributed by atoms with Gasteiger partial charge in [-0.1, -0.05) is 24.3 Å². The molecule has 6 nitrogen and oxygen atoms in total. The fourth-order valence-corrected chi connectivity index (χ4v) is 2.49. The van der Waals surface area contributed by atoms with Gasteiger partial charge in [-0.3, -0.25) is 9.59 Å². The number of carbonyl (C=O) groups excluding carboxylic acids is 2. The van der Waals surface area contributed by atoms with Gasteiger partial charge in [0.1, 0.15) is 5.75 Å². The van der Waals surface area contributed by atoms with E-state index in [1.54, 1.807) is 19.0 Å².